The van der Waals surface area contributed by atoms with Crippen molar-refractivity contribution >= 4 is 22.6 Å². The molecule has 6 nitrogen and oxygen atoms in total. The van der Waals surface area contributed by atoms with Gasteiger partial charge in [0.05, 0.1) is 18.1 Å². The normalized spacial score (nSPS) is 13.6. The van der Waals surface area contributed by atoms with E-state index in [0.717, 1.165) is 16.5 Å². The molecule has 2 N–H and O–H groups in total. The van der Waals surface area contributed by atoms with E-state index in [4.69, 9.17) is 14.6 Å². The van der Waals surface area contributed by atoms with Crippen molar-refractivity contribution in [1.82, 2.24) is 5.32 Å². The van der Waals surface area contributed by atoms with E-state index in [2.05, 4.69) is 5.32 Å². The van der Waals surface area contributed by atoms with Gasteiger partial charge in [0.25, 0.3) is 5.91 Å². The summed E-state index contributed by atoms with van der Waals surface area (Å²) in [5, 5.41) is 14.0. The number of ether oxygens (including phenoxy) is 2. The molecule has 0 aliphatic carbocycles. The minimum Gasteiger partial charge on any atom is -0.488 e. The number of nitrogens with one attached hydrogen (secondary N) is 1. The van der Waals surface area contributed by atoms with Gasteiger partial charge in [-0.25, -0.2) is 0 Å². The molecular weight excluding hydrogens is 382 g/mol. The summed E-state index contributed by atoms with van der Waals surface area (Å²) in [4.78, 5) is 23.7. The Morgan fingerprint density at radius 3 is 2.60 bits per heavy atom. The first kappa shape index (κ1) is 23.4. The van der Waals surface area contributed by atoms with Crippen molar-refractivity contribution in [3.63, 3.8) is 0 Å². The Balaban J connectivity index is 2.08. The van der Waals surface area contributed by atoms with Crippen LogP contribution in [0.4, 0.5) is 0 Å². The maximum absolute atomic E-state index is 12.7. The van der Waals surface area contributed by atoms with Gasteiger partial charge in [0, 0.05) is 18.5 Å². The Morgan fingerprint density at radius 1 is 1.13 bits per heavy atom. The van der Waals surface area contributed by atoms with Crippen LogP contribution in [0.3, 0.4) is 0 Å². The number of carboxylic acid groups (broad SMARTS) is 1. The molecule has 0 bridgehead atoms. The number of allylic oxidation sites excluding steroid dienone is 1. The third-order valence-corrected chi connectivity index (χ3v) is 4.87. The number of unbranched alkanes of at least 4 members (excludes halogenated alkanes) is 1. The zero-order chi connectivity index (χ0) is 21.9. The van der Waals surface area contributed by atoms with Crippen LogP contribution in [0.25, 0.3) is 10.8 Å². The molecule has 0 fully saturated rings. The molecule has 0 aliphatic heterocycles. The number of carbonyl (C=O) groups is 2. The standard InChI is InChI=1S/C24H31NO5/c1-17(24(27)28)9-4-5-11-20(23(26)25-18(2)15-29-3)16-30-22-14-8-12-19-10-6-7-13-21(19)22/h6-8,10-14,17-18H,4-5,9,15-16H2,1-3H3,(H,25,26)(H,27,28). The van der Waals surface area contributed by atoms with Crippen LogP contribution in [0.2, 0.25) is 0 Å². The zero-order valence-electron chi connectivity index (χ0n) is 17.9. The van der Waals surface area contributed by atoms with Gasteiger partial charge in [-0.1, -0.05) is 49.4 Å². The molecule has 2 aromatic rings. The molecule has 2 atom stereocenters. The lowest BCUT2D eigenvalue weighted by molar-refractivity contribution is -0.141. The van der Waals surface area contributed by atoms with E-state index < -0.39 is 11.9 Å². The third-order valence-electron chi connectivity index (χ3n) is 4.87. The average molecular weight is 414 g/mol. The van der Waals surface area contributed by atoms with Gasteiger partial charge < -0.3 is 19.9 Å². The van der Waals surface area contributed by atoms with Crippen LogP contribution in [0.5, 0.6) is 5.75 Å². The zero-order valence-corrected chi connectivity index (χ0v) is 17.9. The maximum atomic E-state index is 12.7. The Hall–Kier alpha value is -2.86. The number of carboxylic acids is 1. The molecule has 30 heavy (non-hydrogen) atoms. The molecule has 2 rings (SSSR count). The van der Waals surface area contributed by atoms with Crippen molar-refractivity contribution < 1.29 is 24.2 Å². The SMILES string of the molecule is COCC(C)NC(=O)C(=CCCCC(C)C(=O)O)COc1cccc2ccccc12. The van der Waals surface area contributed by atoms with Gasteiger partial charge in [-0.2, -0.15) is 0 Å². The summed E-state index contributed by atoms with van der Waals surface area (Å²) >= 11 is 0. The number of aliphatic carboxylic acids is 1. The average Bonchev–Trinajstić information content (AvgIpc) is 2.72. The van der Waals surface area contributed by atoms with E-state index in [-0.39, 0.29) is 18.6 Å². The highest BCUT2D eigenvalue weighted by Crippen LogP contribution is 2.25. The van der Waals surface area contributed by atoms with Crippen molar-refractivity contribution in [3.05, 3.63) is 54.1 Å². The van der Waals surface area contributed by atoms with Gasteiger partial charge in [0.15, 0.2) is 0 Å². The van der Waals surface area contributed by atoms with Gasteiger partial charge in [-0.15, -0.1) is 0 Å². The van der Waals surface area contributed by atoms with Crippen molar-refractivity contribution in [1.29, 1.82) is 0 Å². The summed E-state index contributed by atoms with van der Waals surface area (Å²) in [5.41, 5.74) is 0.522. The number of carbonyl (C=O) groups excluding carboxylic acids is 1. The second-order valence-electron chi connectivity index (χ2n) is 7.50. The van der Waals surface area contributed by atoms with Crippen LogP contribution < -0.4 is 10.1 Å². The lowest BCUT2D eigenvalue weighted by Crippen LogP contribution is -2.37. The Labute approximate surface area is 177 Å². The fraction of sp³-hybridized carbons (Fsp3) is 0.417. The van der Waals surface area contributed by atoms with Crippen molar-refractivity contribution in [2.24, 2.45) is 5.92 Å². The largest absolute Gasteiger partial charge is 0.488 e. The van der Waals surface area contributed by atoms with Gasteiger partial charge in [-0.3, -0.25) is 9.59 Å². The lowest BCUT2D eigenvalue weighted by Gasteiger charge is -2.16. The second kappa shape index (κ2) is 12.0. The highest BCUT2D eigenvalue weighted by molar-refractivity contribution is 5.94. The topological polar surface area (TPSA) is 84.9 Å². The molecule has 0 saturated heterocycles. The van der Waals surface area contributed by atoms with Gasteiger partial charge >= 0.3 is 5.97 Å². The number of hydrogen-bond acceptors (Lipinski definition) is 4. The van der Waals surface area contributed by atoms with E-state index in [1.54, 1.807) is 14.0 Å². The number of hydrogen-bond donors (Lipinski definition) is 2. The van der Waals surface area contributed by atoms with Gasteiger partial charge in [0.2, 0.25) is 0 Å². The van der Waals surface area contributed by atoms with E-state index in [1.165, 1.54) is 0 Å². The molecule has 0 radical (unpaired) electrons. The highest BCUT2D eigenvalue weighted by Gasteiger charge is 2.15. The van der Waals surface area contributed by atoms with Gasteiger partial charge in [-0.05, 0) is 37.6 Å². The summed E-state index contributed by atoms with van der Waals surface area (Å²) < 4.78 is 11.1. The number of methoxy groups -OCH3 is 1. The Morgan fingerprint density at radius 2 is 1.87 bits per heavy atom. The molecular formula is C24H31NO5. The predicted octanol–water partition coefficient (Wildman–Crippen LogP) is 4.19. The van der Waals surface area contributed by atoms with Crippen molar-refractivity contribution in [2.45, 2.75) is 39.2 Å². The molecule has 0 aliphatic rings. The smallest absolute Gasteiger partial charge is 0.306 e. The lowest BCUT2D eigenvalue weighted by atomic mass is 10.0. The fourth-order valence-electron chi connectivity index (χ4n) is 3.13. The first-order valence-corrected chi connectivity index (χ1v) is 10.2. The quantitative estimate of drug-likeness (QED) is 0.403. The first-order valence-electron chi connectivity index (χ1n) is 10.2. The van der Waals surface area contributed by atoms with Crippen LogP contribution in [0.15, 0.2) is 54.1 Å². The minimum atomic E-state index is -0.801. The predicted molar refractivity (Wildman–Crippen MR) is 118 cm³/mol. The van der Waals surface area contributed by atoms with Crippen LogP contribution >= 0.6 is 0 Å². The number of fused-ring (bicyclic) bond motifs is 1. The van der Waals surface area contributed by atoms with Crippen molar-refractivity contribution in [2.75, 3.05) is 20.3 Å². The van der Waals surface area contributed by atoms with Gasteiger partial charge in [0.1, 0.15) is 12.4 Å². The van der Waals surface area contributed by atoms with E-state index in [0.29, 0.717) is 31.4 Å². The number of benzene rings is 2. The van der Waals surface area contributed by atoms with Crippen LogP contribution in [0.1, 0.15) is 33.1 Å². The molecule has 6 heteroatoms. The summed E-state index contributed by atoms with van der Waals surface area (Å²) in [7, 11) is 1.59. The molecule has 2 aromatic carbocycles. The van der Waals surface area contributed by atoms with Crippen LogP contribution in [-0.2, 0) is 14.3 Å². The molecule has 0 aromatic heterocycles. The summed E-state index contributed by atoms with van der Waals surface area (Å²) in [5.74, 6) is -0.684. The molecule has 1 amide bonds. The fourth-order valence-corrected chi connectivity index (χ4v) is 3.13. The first-order chi connectivity index (χ1) is 14.4. The summed E-state index contributed by atoms with van der Waals surface area (Å²) in [6, 6.07) is 13.6. The van der Waals surface area contributed by atoms with E-state index >= 15 is 0 Å². The molecule has 0 heterocycles. The Kier molecular flexibility index (Phi) is 9.35. The van der Waals surface area contributed by atoms with Crippen LogP contribution in [0, 0.1) is 5.92 Å². The summed E-state index contributed by atoms with van der Waals surface area (Å²) in [6.45, 7) is 4.11. The highest BCUT2D eigenvalue weighted by atomic mass is 16.5. The number of rotatable bonds is 12. The monoisotopic (exact) mass is 413 g/mol. The van der Waals surface area contributed by atoms with Crippen LogP contribution in [-0.4, -0.2) is 43.3 Å². The Bertz CT molecular complexity index is 872. The molecule has 2 unspecified atom stereocenters. The maximum Gasteiger partial charge on any atom is 0.306 e. The molecule has 162 valence electrons. The molecule has 0 saturated carbocycles. The summed E-state index contributed by atoms with van der Waals surface area (Å²) in [6.07, 6.45) is 3.70. The molecule has 0 spiro atoms. The van der Waals surface area contributed by atoms with Crippen molar-refractivity contribution in [3.8, 4) is 5.75 Å². The third kappa shape index (κ3) is 7.19. The second-order valence-corrected chi connectivity index (χ2v) is 7.50. The minimum absolute atomic E-state index is 0.129. The van der Waals surface area contributed by atoms with E-state index in [9.17, 15) is 9.59 Å². The van der Waals surface area contributed by atoms with E-state index in [1.807, 2.05) is 55.5 Å². The number of amides is 1.